The average molecular weight is 312 g/mol. The Balaban J connectivity index is 1.70. The number of carbonyl (C=O) groups is 1. The quantitative estimate of drug-likeness (QED) is 0.732. The lowest BCUT2D eigenvalue weighted by atomic mass is 10.1. The first-order chi connectivity index (χ1) is 10.2. The van der Waals surface area contributed by atoms with E-state index in [1.54, 1.807) is 7.11 Å². The highest BCUT2D eigenvalue weighted by Gasteiger charge is 2.15. The van der Waals surface area contributed by atoms with Crippen molar-refractivity contribution in [2.24, 2.45) is 0 Å². The first-order valence-corrected chi connectivity index (χ1v) is 7.60. The molecular formula is C15H22ClN3O2. The van der Waals surface area contributed by atoms with Crippen LogP contribution in [0.3, 0.4) is 0 Å². The Bertz CT molecular complexity index is 476. The Hall–Kier alpha value is -1.30. The second-order valence-electron chi connectivity index (χ2n) is 5.13. The van der Waals surface area contributed by atoms with Crippen LogP contribution in [0.5, 0.6) is 5.75 Å². The summed E-state index contributed by atoms with van der Waals surface area (Å²) < 4.78 is 5.11. The highest BCUT2D eigenvalue weighted by atomic mass is 35.5. The first kappa shape index (κ1) is 16.1. The van der Waals surface area contributed by atoms with Gasteiger partial charge in [0.1, 0.15) is 5.75 Å². The highest BCUT2D eigenvalue weighted by molar-refractivity contribution is 6.32. The number of piperazine rings is 1. The fraction of sp³-hybridized carbons (Fsp3) is 0.533. The third-order valence-electron chi connectivity index (χ3n) is 3.51. The number of nitrogens with one attached hydrogen (secondary N) is 3. The SMILES string of the molecule is COc1ccc(CCNC(=O)CC2CNCCN2)cc1Cl. The number of benzene rings is 1. The molecule has 1 heterocycles. The van der Waals surface area contributed by atoms with E-state index in [9.17, 15) is 4.79 Å². The maximum absolute atomic E-state index is 11.8. The van der Waals surface area contributed by atoms with E-state index in [4.69, 9.17) is 16.3 Å². The van der Waals surface area contributed by atoms with Crippen LogP contribution in [0.1, 0.15) is 12.0 Å². The minimum atomic E-state index is 0.0795. The minimum absolute atomic E-state index is 0.0795. The standard InChI is InChI=1S/C15H22ClN3O2/c1-21-14-3-2-11(8-13(14)16)4-5-19-15(20)9-12-10-17-6-7-18-12/h2-3,8,12,17-18H,4-7,9-10H2,1H3,(H,19,20). The maximum atomic E-state index is 11.8. The van der Waals surface area contributed by atoms with Gasteiger partial charge in [0.05, 0.1) is 12.1 Å². The van der Waals surface area contributed by atoms with Crippen LogP contribution in [0.15, 0.2) is 18.2 Å². The van der Waals surface area contributed by atoms with Gasteiger partial charge >= 0.3 is 0 Å². The minimum Gasteiger partial charge on any atom is -0.495 e. The molecule has 0 aliphatic carbocycles. The van der Waals surface area contributed by atoms with Crippen molar-refractivity contribution in [1.29, 1.82) is 0 Å². The summed E-state index contributed by atoms with van der Waals surface area (Å²) in [6.07, 6.45) is 1.27. The number of hydrogen-bond acceptors (Lipinski definition) is 4. The van der Waals surface area contributed by atoms with Crippen LogP contribution in [0.25, 0.3) is 0 Å². The number of hydrogen-bond donors (Lipinski definition) is 3. The molecule has 3 N–H and O–H groups in total. The van der Waals surface area contributed by atoms with Crippen molar-refractivity contribution in [3.63, 3.8) is 0 Å². The second kappa shape index (κ2) is 8.22. The van der Waals surface area contributed by atoms with Gasteiger partial charge in [-0.1, -0.05) is 17.7 Å². The molecule has 5 nitrogen and oxygen atoms in total. The zero-order chi connectivity index (χ0) is 15.1. The molecule has 1 aliphatic rings. The molecule has 1 atom stereocenters. The molecule has 1 aromatic carbocycles. The van der Waals surface area contributed by atoms with Crippen molar-refractivity contribution in [1.82, 2.24) is 16.0 Å². The van der Waals surface area contributed by atoms with Gasteiger partial charge in [0.2, 0.25) is 5.91 Å². The summed E-state index contributed by atoms with van der Waals surface area (Å²) in [6.45, 7) is 3.35. The summed E-state index contributed by atoms with van der Waals surface area (Å²) >= 11 is 6.07. The van der Waals surface area contributed by atoms with Crippen LogP contribution < -0.4 is 20.7 Å². The molecular weight excluding hydrogens is 290 g/mol. The first-order valence-electron chi connectivity index (χ1n) is 7.22. The van der Waals surface area contributed by atoms with E-state index in [-0.39, 0.29) is 11.9 Å². The predicted molar refractivity (Wildman–Crippen MR) is 84.0 cm³/mol. The summed E-state index contributed by atoms with van der Waals surface area (Å²) in [4.78, 5) is 11.8. The number of methoxy groups -OCH3 is 1. The van der Waals surface area contributed by atoms with Crippen molar-refractivity contribution < 1.29 is 9.53 Å². The molecule has 6 heteroatoms. The van der Waals surface area contributed by atoms with Gasteiger partial charge < -0.3 is 20.7 Å². The van der Waals surface area contributed by atoms with E-state index in [2.05, 4.69) is 16.0 Å². The molecule has 0 spiro atoms. The Labute approximate surface area is 130 Å². The van der Waals surface area contributed by atoms with E-state index in [1.807, 2.05) is 18.2 Å². The fourth-order valence-corrected chi connectivity index (χ4v) is 2.65. The van der Waals surface area contributed by atoms with Crippen molar-refractivity contribution in [2.75, 3.05) is 33.3 Å². The lowest BCUT2D eigenvalue weighted by molar-refractivity contribution is -0.121. The van der Waals surface area contributed by atoms with Gasteiger partial charge in [0, 0.05) is 38.6 Å². The highest BCUT2D eigenvalue weighted by Crippen LogP contribution is 2.24. The Morgan fingerprint density at radius 3 is 3.00 bits per heavy atom. The van der Waals surface area contributed by atoms with Gasteiger partial charge in [-0.05, 0) is 24.1 Å². The molecule has 1 aromatic rings. The van der Waals surface area contributed by atoms with E-state index in [0.717, 1.165) is 31.6 Å². The van der Waals surface area contributed by atoms with Crippen LogP contribution in [0.4, 0.5) is 0 Å². The van der Waals surface area contributed by atoms with Crippen LogP contribution in [-0.2, 0) is 11.2 Å². The topological polar surface area (TPSA) is 62.4 Å². The van der Waals surface area contributed by atoms with Crippen molar-refractivity contribution >= 4 is 17.5 Å². The number of carbonyl (C=O) groups excluding carboxylic acids is 1. The largest absolute Gasteiger partial charge is 0.495 e. The Kier molecular flexibility index (Phi) is 6.29. The van der Waals surface area contributed by atoms with E-state index in [1.165, 1.54) is 0 Å². The van der Waals surface area contributed by atoms with Crippen molar-refractivity contribution in [3.8, 4) is 5.75 Å². The predicted octanol–water partition coefficient (Wildman–Crippen LogP) is 0.959. The Morgan fingerprint density at radius 1 is 1.48 bits per heavy atom. The molecule has 0 aromatic heterocycles. The molecule has 0 radical (unpaired) electrons. The fourth-order valence-electron chi connectivity index (χ4n) is 2.37. The third-order valence-corrected chi connectivity index (χ3v) is 3.80. The zero-order valence-electron chi connectivity index (χ0n) is 12.2. The lowest BCUT2D eigenvalue weighted by Gasteiger charge is -2.23. The van der Waals surface area contributed by atoms with Crippen LogP contribution in [0.2, 0.25) is 5.02 Å². The summed E-state index contributed by atoms with van der Waals surface area (Å²) in [7, 11) is 1.59. The van der Waals surface area contributed by atoms with Gasteiger partial charge in [-0.2, -0.15) is 0 Å². The number of ether oxygens (including phenoxy) is 1. The molecule has 2 rings (SSSR count). The van der Waals surface area contributed by atoms with Crippen molar-refractivity contribution in [3.05, 3.63) is 28.8 Å². The molecule has 1 amide bonds. The summed E-state index contributed by atoms with van der Waals surface area (Å²) in [5.74, 6) is 0.746. The van der Waals surface area contributed by atoms with Gasteiger partial charge in [0.25, 0.3) is 0 Å². The molecule has 1 saturated heterocycles. The van der Waals surface area contributed by atoms with Crippen molar-refractivity contribution in [2.45, 2.75) is 18.9 Å². The molecule has 1 unspecified atom stereocenters. The van der Waals surface area contributed by atoms with Gasteiger partial charge in [-0.25, -0.2) is 0 Å². The van der Waals surface area contributed by atoms with E-state index < -0.39 is 0 Å². The average Bonchev–Trinajstić information content (AvgIpc) is 2.48. The molecule has 1 aliphatic heterocycles. The summed E-state index contributed by atoms with van der Waals surface area (Å²) in [5.41, 5.74) is 1.08. The second-order valence-corrected chi connectivity index (χ2v) is 5.54. The molecule has 116 valence electrons. The summed E-state index contributed by atoms with van der Waals surface area (Å²) in [5, 5.41) is 10.1. The monoisotopic (exact) mass is 311 g/mol. The van der Waals surface area contributed by atoms with Gasteiger partial charge in [-0.15, -0.1) is 0 Å². The van der Waals surface area contributed by atoms with E-state index >= 15 is 0 Å². The smallest absolute Gasteiger partial charge is 0.221 e. The van der Waals surface area contributed by atoms with Gasteiger partial charge in [-0.3, -0.25) is 4.79 Å². The molecule has 21 heavy (non-hydrogen) atoms. The zero-order valence-corrected chi connectivity index (χ0v) is 13.0. The Morgan fingerprint density at radius 2 is 2.33 bits per heavy atom. The molecule has 0 bridgehead atoms. The normalized spacial score (nSPS) is 18.3. The lowest BCUT2D eigenvalue weighted by Crippen LogP contribution is -2.50. The van der Waals surface area contributed by atoms with E-state index in [0.29, 0.717) is 23.7 Å². The van der Waals surface area contributed by atoms with Crippen LogP contribution in [0, 0.1) is 0 Å². The van der Waals surface area contributed by atoms with Crippen LogP contribution in [-0.4, -0.2) is 45.2 Å². The molecule has 0 saturated carbocycles. The number of amides is 1. The molecule has 1 fully saturated rings. The van der Waals surface area contributed by atoms with Crippen LogP contribution >= 0.6 is 11.6 Å². The summed E-state index contributed by atoms with van der Waals surface area (Å²) in [6, 6.07) is 5.91. The third kappa shape index (κ3) is 5.19. The maximum Gasteiger partial charge on any atom is 0.221 e. The number of halogens is 1. The number of rotatable bonds is 6. The van der Waals surface area contributed by atoms with Gasteiger partial charge in [0.15, 0.2) is 0 Å².